The Balaban J connectivity index is 2.15. The maximum atomic E-state index is 11.9. The molecular formula is C13H17NO3S2. The highest BCUT2D eigenvalue weighted by molar-refractivity contribution is 8.00. The van der Waals surface area contributed by atoms with Crippen molar-refractivity contribution in [3.05, 3.63) is 10.6 Å². The van der Waals surface area contributed by atoms with Gasteiger partial charge in [-0.25, -0.2) is 9.78 Å². The van der Waals surface area contributed by atoms with Gasteiger partial charge in [0.15, 0.2) is 4.34 Å². The van der Waals surface area contributed by atoms with Gasteiger partial charge in [0.1, 0.15) is 11.2 Å². The van der Waals surface area contributed by atoms with Crippen molar-refractivity contribution in [3.8, 4) is 0 Å². The predicted molar refractivity (Wildman–Crippen MR) is 75.8 cm³/mol. The standard InChI is InChI=1S/C13H17NO3S2/c1-3-17-12(16)11-10(14-13(18-2)19-11)6-8-4-5-9(8)7-15/h7-9H,3-6H2,1-2H3. The van der Waals surface area contributed by atoms with E-state index in [0.29, 0.717) is 23.8 Å². The molecule has 0 saturated heterocycles. The van der Waals surface area contributed by atoms with Gasteiger partial charge in [0.05, 0.1) is 12.3 Å². The van der Waals surface area contributed by atoms with E-state index in [9.17, 15) is 9.59 Å². The van der Waals surface area contributed by atoms with Crippen molar-refractivity contribution >= 4 is 35.4 Å². The minimum atomic E-state index is -0.294. The molecule has 2 unspecified atom stereocenters. The van der Waals surface area contributed by atoms with Gasteiger partial charge in [-0.2, -0.15) is 0 Å². The third kappa shape index (κ3) is 3.17. The zero-order valence-corrected chi connectivity index (χ0v) is 12.7. The minimum Gasteiger partial charge on any atom is -0.462 e. The molecule has 1 heterocycles. The summed E-state index contributed by atoms with van der Waals surface area (Å²) < 4.78 is 5.94. The van der Waals surface area contributed by atoms with Crippen LogP contribution in [0.25, 0.3) is 0 Å². The number of thioether (sulfide) groups is 1. The van der Waals surface area contributed by atoms with Gasteiger partial charge in [-0.1, -0.05) is 11.8 Å². The minimum absolute atomic E-state index is 0.134. The number of ether oxygens (including phenoxy) is 1. The highest BCUT2D eigenvalue weighted by atomic mass is 32.2. The summed E-state index contributed by atoms with van der Waals surface area (Å²) in [6, 6.07) is 0. The molecule has 0 aromatic carbocycles. The second kappa shape index (κ2) is 6.52. The predicted octanol–water partition coefficient (Wildman–Crippen LogP) is 2.81. The van der Waals surface area contributed by atoms with Crippen molar-refractivity contribution in [2.75, 3.05) is 12.9 Å². The number of hydrogen-bond acceptors (Lipinski definition) is 6. The van der Waals surface area contributed by atoms with Crippen molar-refractivity contribution < 1.29 is 14.3 Å². The maximum Gasteiger partial charge on any atom is 0.350 e. The van der Waals surface area contributed by atoms with Gasteiger partial charge >= 0.3 is 5.97 Å². The molecule has 104 valence electrons. The molecule has 0 bridgehead atoms. The number of aromatic nitrogens is 1. The van der Waals surface area contributed by atoms with E-state index in [0.717, 1.165) is 29.2 Å². The highest BCUT2D eigenvalue weighted by Gasteiger charge is 2.32. The SMILES string of the molecule is CCOC(=O)c1sc(SC)nc1CC1CCC1C=O. The van der Waals surface area contributed by atoms with Crippen LogP contribution in [-0.2, 0) is 16.0 Å². The van der Waals surface area contributed by atoms with Gasteiger partial charge in [-0.05, 0) is 38.4 Å². The Bertz CT molecular complexity index is 472. The van der Waals surface area contributed by atoms with E-state index in [1.165, 1.54) is 23.1 Å². The zero-order chi connectivity index (χ0) is 13.8. The molecule has 2 atom stereocenters. The summed E-state index contributed by atoms with van der Waals surface area (Å²) >= 11 is 2.91. The molecular weight excluding hydrogens is 282 g/mol. The Kier molecular flexibility index (Phi) is 4.99. The third-order valence-corrected chi connectivity index (χ3v) is 5.48. The van der Waals surface area contributed by atoms with Crippen LogP contribution in [0.3, 0.4) is 0 Å². The van der Waals surface area contributed by atoms with E-state index >= 15 is 0 Å². The summed E-state index contributed by atoms with van der Waals surface area (Å²) in [6.45, 7) is 2.16. The average Bonchev–Trinajstić information content (AvgIpc) is 2.79. The number of hydrogen-bond donors (Lipinski definition) is 0. The van der Waals surface area contributed by atoms with Crippen molar-refractivity contribution in [1.29, 1.82) is 0 Å². The van der Waals surface area contributed by atoms with Crippen LogP contribution in [0.15, 0.2) is 4.34 Å². The fourth-order valence-electron chi connectivity index (χ4n) is 2.19. The van der Waals surface area contributed by atoms with Crippen LogP contribution in [0.2, 0.25) is 0 Å². The third-order valence-electron chi connectivity index (χ3n) is 3.42. The fraction of sp³-hybridized carbons (Fsp3) is 0.615. The second-order valence-corrected chi connectivity index (χ2v) is 6.57. The van der Waals surface area contributed by atoms with Crippen LogP contribution in [-0.4, -0.2) is 30.1 Å². The van der Waals surface area contributed by atoms with Crippen molar-refractivity contribution in [2.45, 2.75) is 30.5 Å². The molecule has 0 N–H and O–H groups in total. The van der Waals surface area contributed by atoms with Gasteiger partial charge in [-0.15, -0.1) is 11.3 Å². The molecule has 1 fully saturated rings. The molecule has 0 amide bonds. The first-order valence-corrected chi connectivity index (χ1v) is 8.39. The average molecular weight is 299 g/mol. The molecule has 0 radical (unpaired) electrons. The zero-order valence-electron chi connectivity index (χ0n) is 11.0. The number of carbonyl (C=O) groups is 2. The lowest BCUT2D eigenvalue weighted by atomic mass is 9.72. The van der Waals surface area contributed by atoms with Crippen molar-refractivity contribution in [2.24, 2.45) is 11.8 Å². The molecule has 1 aromatic rings. The number of thiazole rings is 1. The van der Waals surface area contributed by atoms with Crippen LogP contribution >= 0.6 is 23.1 Å². The highest BCUT2D eigenvalue weighted by Crippen LogP contribution is 2.37. The first kappa shape index (κ1) is 14.5. The number of aldehydes is 1. The van der Waals surface area contributed by atoms with Crippen LogP contribution in [0.4, 0.5) is 0 Å². The van der Waals surface area contributed by atoms with E-state index in [2.05, 4.69) is 4.98 Å². The van der Waals surface area contributed by atoms with Crippen LogP contribution in [0, 0.1) is 11.8 Å². The molecule has 0 spiro atoms. The normalized spacial score (nSPS) is 21.8. The van der Waals surface area contributed by atoms with Crippen LogP contribution < -0.4 is 0 Å². The summed E-state index contributed by atoms with van der Waals surface area (Å²) in [5.74, 6) is 0.175. The largest absolute Gasteiger partial charge is 0.462 e. The number of esters is 1. The second-order valence-electron chi connectivity index (χ2n) is 4.52. The van der Waals surface area contributed by atoms with Crippen LogP contribution in [0.5, 0.6) is 0 Å². The van der Waals surface area contributed by atoms with Crippen LogP contribution in [0.1, 0.15) is 35.1 Å². The number of nitrogens with zero attached hydrogens (tertiary/aromatic N) is 1. The Morgan fingerprint density at radius 1 is 1.58 bits per heavy atom. The summed E-state index contributed by atoms with van der Waals surface area (Å²) in [7, 11) is 0. The monoisotopic (exact) mass is 299 g/mol. The summed E-state index contributed by atoms with van der Waals surface area (Å²) in [6.07, 6.45) is 5.67. The van der Waals surface area contributed by atoms with E-state index < -0.39 is 0 Å². The smallest absolute Gasteiger partial charge is 0.350 e. The van der Waals surface area contributed by atoms with Gasteiger partial charge in [0, 0.05) is 5.92 Å². The molecule has 1 saturated carbocycles. The van der Waals surface area contributed by atoms with Gasteiger partial charge in [-0.3, -0.25) is 0 Å². The number of carbonyl (C=O) groups excluding carboxylic acids is 2. The fourth-order valence-corrected chi connectivity index (χ4v) is 3.69. The molecule has 1 aromatic heterocycles. The molecule has 0 aliphatic heterocycles. The Morgan fingerprint density at radius 3 is 2.89 bits per heavy atom. The molecule has 4 nitrogen and oxygen atoms in total. The Labute approximate surface area is 120 Å². The lowest BCUT2D eigenvalue weighted by Gasteiger charge is -2.32. The first-order chi connectivity index (χ1) is 9.19. The summed E-state index contributed by atoms with van der Waals surface area (Å²) in [4.78, 5) is 27.8. The summed E-state index contributed by atoms with van der Waals surface area (Å²) in [5, 5.41) is 0. The quantitative estimate of drug-likeness (QED) is 0.459. The van der Waals surface area contributed by atoms with Crippen molar-refractivity contribution in [3.63, 3.8) is 0 Å². The van der Waals surface area contributed by atoms with Gasteiger partial charge < -0.3 is 9.53 Å². The van der Waals surface area contributed by atoms with E-state index in [1.807, 2.05) is 6.26 Å². The van der Waals surface area contributed by atoms with E-state index in [1.54, 1.807) is 6.92 Å². The molecule has 2 rings (SSSR count). The Hall–Kier alpha value is -0.880. The van der Waals surface area contributed by atoms with Gasteiger partial charge in [0.2, 0.25) is 0 Å². The van der Waals surface area contributed by atoms with E-state index in [-0.39, 0.29) is 11.9 Å². The topological polar surface area (TPSA) is 56.3 Å². The van der Waals surface area contributed by atoms with Gasteiger partial charge in [0.25, 0.3) is 0 Å². The summed E-state index contributed by atoms with van der Waals surface area (Å²) in [5.41, 5.74) is 0.796. The van der Waals surface area contributed by atoms with Crippen molar-refractivity contribution in [1.82, 2.24) is 4.98 Å². The maximum absolute atomic E-state index is 11.9. The lowest BCUT2D eigenvalue weighted by Crippen LogP contribution is -2.29. The molecule has 1 aliphatic rings. The lowest BCUT2D eigenvalue weighted by molar-refractivity contribution is -0.115. The molecule has 6 heteroatoms. The molecule has 1 aliphatic carbocycles. The number of rotatable bonds is 6. The Morgan fingerprint density at radius 2 is 2.37 bits per heavy atom. The van der Waals surface area contributed by atoms with E-state index in [4.69, 9.17) is 4.74 Å². The molecule has 19 heavy (non-hydrogen) atoms. The first-order valence-electron chi connectivity index (χ1n) is 6.35.